The molecule has 1 aromatic heterocycles. The average Bonchev–Trinajstić information content (AvgIpc) is 3.36. The van der Waals surface area contributed by atoms with Gasteiger partial charge >= 0.3 is 12.1 Å². The molecule has 44 heavy (non-hydrogen) atoms. The SMILES string of the molecule is CC(C)(C)OC(=O)n1c(C[C@H](NC(=O)C(N)[C@@H]2OC(CN)[C@@H](O)[C@H](O)C2O)C(=O)OCc2ccccc2)cc2ccccc21. The summed E-state index contributed by atoms with van der Waals surface area (Å²) in [4.78, 5) is 40.2. The van der Waals surface area contributed by atoms with Crippen LogP contribution in [-0.2, 0) is 36.8 Å². The summed E-state index contributed by atoms with van der Waals surface area (Å²) in [6.45, 7) is 4.90. The van der Waals surface area contributed by atoms with Crippen molar-refractivity contribution in [1.29, 1.82) is 0 Å². The van der Waals surface area contributed by atoms with Gasteiger partial charge in [0, 0.05) is 24.0 Å². The molecular formula is C31H40N4O9. The molecule has 13 heteroatoms. The van der Waals surface area contributed by atoms with Crippen LogP contribution in [0.4, 0.5) is 4.79 Å². The Bertz CT molecular complexity index is 1450. The third-order valence-electron chi connectivity index (χ3n) is 7.24. The Labute approximate surface area is 254 Å². The van der Waals surface area contributed by atoms with Crippen molar-refractivity contribution in [2.75, 3.05) is 6.54 Å². The van der Waals surface area contributed by atoms with E-state index in [0.29, 0.717) is 22.2 Å². The van der Waals surface area contributed by atoms with E-state index in [-0.39, 0.29) is 19.6 Å². The predicted octanol–water partition coefficient (Wildman–Crippen LogP) is 0.331. The predicted molar refractivity (Wildman–Crippen MR) is 159 cm³/mol. The largest absolute Gasteiger partial charge is 0.459 e. The van der Waals surface area contributed by atoms with E-state index in [4.69, 9.17) is 25.7 Å². The summed E-state index contributed by atoms with van der Waals surface area (Å²) in [6, 6.07) is 14.8. The summed E-state index contributed by atoms with van der Waals surface area (Å²) in [5.74, 6) is -1.72. The zero-order chi connectivity index (χ0) is 32.2. The Hall–Kier alpha value is -3.85. The van der Waals surface area contributed by atoms with Gasteiger partial charge in [-0.2, -0.15) is 0 Å². The average molecular weight is 613 g/mol. The molecule has 238 valence electrons. The van der Waals surface area contributed by atoms with E-state index in [9.17, 15) is 29.7 Å². The lowest BCUT2D eigenvalue weighted by Gasteiger charge is -2.42. The number of hydrogen-bond acceptors (Lipinski definition) is 11. The number of nitrogens with two attached hydrogens (primary N) is 2. The fourth-order valence-electron chi connectivity index (χ4n) is 5.01. The lowest BCUT2D eigenvalue weighted by molar-refractivity contribution is -0.223. The van der Waals surface area contributed by atoms with Crippen molar-refractivity contribution in [2.45, 2.75) is 82.0 Å². The van der Waals surface area contributed by atoms with Crippen LogP contribution in [-0.4, -0.2) is 92.6 Å². The van der Waals surface area contributed by atoms with Crippen LogP contribution in [0, 0.1) is 0 Å². The molecule has 1 amide bonds. The Morgan fingerprint density at radius 3 is 2.32 bits per heavy atom. The first-order valence-electron chi connectivity index (χ1n) is 14.3. The standard InChI is InChI=1S/C31H40N4O9/c1-31(2,3)44-30(41)35-19(13-18-11-7-8-12-21(18)35)14-20(29(40)42-16-17-9-5-4-6-10-17)34-28(39)23(33)27-26(38)25(37)24(36)22(15-32)43-27/h4-13,20,22-27,36-38H,14-16,32-33H2,1-3H3,(H,34,39)/t20-,22?,23?,24+,25-,26?,27-/m0/s1. The van der Waals surface area contributed by atoms with Gasteiger partial charge in [-0.1, -0.05) is 48.5 Å². The topological polar surface area (TPSA) is 209 Å². The van der Waals surface area contributed by atoms with Crippen molar-refractivity contribution in [2.24, 2.45) is 11.5 Å². The number of fused-ring (bicyclic) bond motifs is 1. The van der Waals surface area contributed by atoms with Crippen LogP contribution in [0.1, 0.15) is 32.0 Å². The number of esters is 1. The summed E-state index contributed by atoms with van der Waals surface area (Å²) in [5, 5.41) is 34.2. The number of benzene rings is 2. The maximum atomic E-state index is 13.5. The third-order valence-corrected chi connectivity index (χ3v) is 7.24. The molecule has 0 spiro atoms. The number of ether oxygens (including phenoxy) is 3. The van der Waals surface area contributed by atoms with Crippen LogP contribution in [0.15, 0.2) is 60.7 Å². The van der Waals surface area contributed by atoms with Crippen LogP contribution in [0.3, 0.4) is 0 Å². The Balaban J connectivity index is 1.63. The second-order valence-corrected chi connectivity index (χ2v) is 11.7. The van der Waals surface area contributed by atoms with E-state index in [0.717, 1.165) is 0 Å². The number of aliphatic hydroxyl groups is 3. The molecule has 7 atom stereocenters. The molecule has 8 N–H and O–H groups in total. The van der Waals surface area contributed by atoms with Gasteiger partial charge in [-0.25, -0.2) is 14.2 Å². The zero-order valence-corrected chi connectivity index (χ0v) is 24.8. The van der Waals surface area contributed by atoms with Gasteiger partial charge < -0.3 is 46.3 Å². The number of amides is 1. The van der Waals surface area contributed by atoms with E-state index < -0.39 is 66.2 Å². The maximum Gasteiger partial charge on any atom is 0.419 e. The second kappa shape index (κ2) is 13.8. The van der Waals surface area contributed by atoms with Crippen molar-refractivity contribution in [3.8, 4) is 0 Å². The van der Waals surface area contributed by atoms with E-state index in [1.54, 1.807) is 75.4 Å². The Kier molecular flexibility index (Phi) is 10.4. The van der Waals surface area contributed by atoms with Gasteiger partial charge in [0.2, 0.25) is 5.91 Å². The number of carbonyl (C=O) groups excluding carboxylic acids is 3. The molecule has 2 heterocycles. The van der Waals surface area contributed by atoms with Gasteiger partial charge in [0.05, 0.1) is 11.6 Å². The lowest BCUT2D eigenvalue weighted by atomic mass is 9.91. The van der Waals surface area contributed by atoms with Gasteiger partial charge in [0.25, 0.3) is 0 Å². The molecule has 1 fully saturated rings. The van der Waals surface area contributed by atoms with Crippen LogP contribution < -0.4 is 16.8 Å². The van der Waals surface area contributed by atoms with Gasteiger partial charge in [0.1, 0.15) is 48.7 Å². The lowest BCUT2D eigenvalue weighted by Crippen LogP contribution is -2.66. The third kappa shape index (κ3) is 7.62. The first kappa shape index (κ1) is 33.1. The first-order valence-corrected chi connectivity index (χ1v) is 14.3. The van der Waals surface area contributed by atoms with Crippen molar-refractivity contribution in [1.82, 2.24) is 9.88 Å². The summed E-state index contributed by atoms with van der Waals surface area (Å²) in [5.41, 5.74) is 12.6. The van der Waals surface area contributed by atoms with Gasteiger partial charge in [-0.15, -0.1) is 0 Å². The summed E-state index contributed by atoms with van der Waals surface area (Å²) in [7, 11) is 0. The minimum atomic E-state index is -1.72. The molecule has 0 aliphatic carbocycles. The molecule has 1 aliphatic heterocycles. The molecule has 1 aliphatic rings. The Morgan fingerprint density at radius 2 is 1.66 bits per heavy atom. The second-order valence-electron chi connectivity index (χ2n) is 11.7. The van der Waals surface area contributed by atoms with E-state index in [1.165, 1.54) is 4.57 Å². The summed E-state index contributed by atoms with van der Waals surface area (Å²) in [6.07, 6.45) is -8.28. The number of carbonyl (C=O) groups is 3. The van der Waals surface area contributed by atoms with Gasteiger partial charge in [-0.05, 0) is 38.5 Å². The fourth-order valence-corrected chi connectivity index (χ4v) is 5.01. The van der Waals surface area contributed by atoms with Crippen molar-refractivity contribution in [3.63, 3.8) is 0 Å². The zero-order valence-electron chi connectivity index (χ0n) is 24.8. The minimum absolute atomic E-state index is 0.0835. The number of aromatic nitrogens is 1. The van der Waals surface area contributed by atoms with Crippen molar-refractivity contribution < 1.29 is 43.9 Å². The van der Waals surface area contributed by atoms with Crippen LogP contribution in [0.25, 0.3) is 10.9 Å². The monoisotopic (exact) mass is 612 g/mol. The first-order chi connectivity index (χ1) is 20.8. The van der Waals surface area contributed by atoms with E-state index in [2.05, 4.69) is 5.32 Å². The Morgan fingerprint density at radius 1 is 1.00 bits per heavy atom. The number of aliphatic hydroxyl groups excluding tert-OH is 3. The quantitative estimate of drug-likeness (QED) is 0.181. The van der Waals surface area contributed by atoms with E-state index in [1.807, 2.05) is 6.07 Å². The minimum Gasteiger partial charge on any atom is -0.459 e. The molecule has 0 radical (unpaired) electrons. The van der Waals surface area contributed by atoms with Crippen LogP contribution in [0.2, 0.25) is 0 Å². The number of para-hydroxylation sites is 1. The molecule has 3 aromatic rings. The number of nitrogens with zero attached hydrogens (tertiary/aromatic N) is 1. The molecule has 0 saturated carbocycles. The highest BCUT2D eigenvalue weighted by atomic mass is 16.6. The summed E-state index contributed by atoms with van der Waals surface area (Å²) >= 11 is 0. The molecule has 13 nitrogen and oxygen atoms in total. The molecule has 1 saturated heterocycles. The molecule has 3 unspecified atom stereocenters. The van der Waals surface area contributed by atoms with E-state index >= 15 is 0 Å². The van der Waals surface area contributed by atoms with Crippen molar-refractivity contribution >= 4 is 28.9 Å². The van der Waals surface area contributed by atoms with Crippen LogP contribution >= 0.6 is 0 Å². The maximum absolute atomic E-state index is 13.5. The highest BCUT2D eigenvalue weighted by molar-refractivity contribution is 5.92. The number of rotatable bonds is 9. The normalized spacial score (nSPS) is 23.5. The fraction of sp³-hybridized carbons (Fsp3) is 0.452. The molecular weight excluding hydrogens is 572 g/mol. The highest BCUT2D eigenvalue weighted by Crippen LogP contribution is 2.25. The molecule has 4 rings (SSSR count). The number of nitrogens with one attached hydrogen (secondary N) is 1. The van der Waals surface area contributed by atoms with Gasteiger partial charge in [0.15, 0.2) is 0 Å². The highest BCUT2D eigenvalue weighted by Gasteiger charge is 2.47. The molecule has 2 aromatic carbocycles. The van der Waals surface area contributed by atoms with Gasteiger partial charge in [-0.3, -0.25) is 4.79 Å². The van der Waals surface area contributed by atoms with Crippen LogP contribution in [0.5, 0.6) is 0 Å². The number of hydrogen-bond donors (Lipinski definition) is 6. The smallest absolute Gasteiger partial charge is 0.419 e. The summed E-state index contributed by atoms with van der Waals surface area (Å²) < 4.78 is 18.1. The van der Waals surface area contributed by atoms with Crippen molar-refractivity contribution in [3.05, 3.63) is 71.9 Å². The molecule has 0 bridgehead atoms.